The molecule has 0 aliphatic heterocycles. The minimum atomic E-state index is 0.274. The van der Waals surface area contributed by atoms with Crippen LogP contribution >= 0.6 is 0 Å². The normalized spacial score (nSPS) is 13.4. The molecular weight excluding hydrogens is 783 g/mol. The second-order valence-corrected chi connectivity index (χ2v) is 16.8. The number of nitrogens with zero attached hydrogens (tertiary/aromatic N) is 1. The Balaban J connectivity index is 0.967. The van der Waals surface area contributed by atoms with Gasteiger partial charge in [-0.1, -0.05) is 218 Å². The summed E-state index contributed by atoms with van der Waals surface area (Å²) in [4.78, 5) is 2.36. The molecule has 0 spiro atoms. The molecule has 65 heavy (non-hydrogen) atoms. The summed E-state index contributed by atoms with van der Waals surface area (Å²) in [5.74, 6) is 0.274. The average molecular weight is 830 g/mol. The van der Waals surface area contributed by atoms with Gasteiger partial charge < -0.3 is 4.90 Å². The first-order valence-electron chi connectivity index (χ1n) is 22.6. The lowest BCUT2D eigenvalue weighted by atomic mass is 9.83. The van der Waals surface area contributed by atoms with Crippen molar-refractivity contribution in [3.8, 4) is 55.6 Å². The number of hydrogen-bond donors (Lipinski definition) is 0. The Kier molecular flexibility index (Phi) is 10.9. The fraction of sp³-hybridized carbons (Fsp3) is 0.0312. The molecule has 10 aromatic carbocycles. The second-order valence-electron chi connectivity index (χ2n) is 16.8. The molecule has 10 aromatic rings. The summed E-state index contributed by atoms with van der Waals surface area (Å²) >= 11 is 0. The summed E-state index contributed by atoms with van der Waals surface area (Å²) in [6, 6.07) is 90.3. The quantitative estimate of drug-likeness (QED) is 0.133. The van der Waals surface area contributed by atoms with E-state index in [9.17, 15) is 0 Å². The number of hydrogen-bond acceptors (Lipinski definition) is 1. The number of allylic oxidation sites excluding steroid dienone is 4. The molecule has 1 unspecified atom stereocenters. The molecule has 11 rings (SSSR count). The SMILES string of the molecule is C1=CC(c2ccc(-c3ccccc3)cc2-c2ccc(N(c3ccccc3)c3ccc(-c4cc(-c5ccccc5)ccc4-c4cccc5ccccc45)cc3)cc2)CC=C1c1ccccc1. The van der Waals surface area contributed by atoms with Crippen molar-refractivity contribution in [2.24, 2.45) is 0 Å². The van der Waals surface area contributed by atoms with E-state index in [1.54, 1.807) is 0 Å². The third kappa shape index (κ3) is 8.13. The Morgan fingerprint density at radius 1 is 0.323 bits per heavy atom. The number of rotatable bonds is 10. The molecule has 1 atom stereocenters. The molecule has 308 valence electrons. The predicted octanol–water partition coefficient (Wildman–Crippen LogP) is 17.8. The van der Waals surface area contributed by atoms with E-state index in [1.807, 2.05) is 0 Å². The molecule has 0 fully saturated rings. The molecular formula is C64H47N. The van der Waals surface area contributed by atoms with Crippen LogP contribution in [0.1, 0.15) is 23.5 Å². The van der Waals surface area contributed by atoms with E-state index < -0.39 is 0 Å². The van der Waals surface area contributed by atoms with Crippen molar-refractivity contribution in [2.75, 3.05) is 4.90 Å². The Hall–Kier alpha value is -8.26. The van der Waals surface area contributed by atoms with Crippen LogP contribution in [0.5, 0.6) is 0 Å². The summed E-state index contributed by atoms with van der Waals surface area (Å²) in [5.41, 5.74) is 19.3. The van der Waals surface area contributed by atoms with Gasteiger partial charge in [0.2, 0.25) is 0 Å². The highest BCUT2D eigenvalue weighted by Gasteiger charge is 2.20. The zero-order valence-electron chi connectivity index (χ0n) is 36.1. The molecule has 0 aromatic heterocycles. The smallest absolute Gasteiger partial charge is 0.0462 e. The van der Waals surface area contributed by atoms with Gasteiger partial charge in [-0.25, -0.2) is 0 Å². The fourth-order valence-corrected chi connectivity index (χ4v) is 9.53. The van der Waals surface area contributed by atoms with E-state index in [0.717, 1.165) is 23.5 Å². The monoisotopic (exact) mass is 829 g/mol. The zero-order valence-corrected chi connectivity index (χ0v) is 36.1. The minimum Gasteiger partial charge on any atom is -0.311 e. The van der Waals surface area contributed by atoms with E-state index in [4.69, 9.17) is 0 Å². The van der Waals surface area contributed by atoms with Crippen molar-refractivity contribution in [1.82, 2.24) is 0 Å². The summed E-state index contributed by atoms with van der Waals surface area (Å²) in [5, 5.41) is 2.49. The van der Waals surface area contributed by atoms with Crippen LogP contribution in [0, 0.1) is 0 Å². The van der Waals surface area contributed by atoms with Crippen LogP contribution in [-0.4, -0.2) is 0 Å². The third-order valence-corrected chi connectivity index (χ3v) is 12.9. The maximum Gasteiger partial charge on any atom is 0.0462 e. The highest BCUT2D eigenvalue weighted by atomic mass is 15.1. The van der Waals surface area contributed by atoms with Gasteiger partial charge in [-0.2, -0.15) is 0 Å². The standard InChI is InChI=1S/C64H47N/c1-5-16-46(17-6-1)49-28-30-51(31-29-49)60-42-36-54(47-18-7-2-8-19-47)44-63(60)52-32-38-57(39-33-52)65(56-24-11-4-12-25-56)58-40-34-53(35-41-58)64-45-55(48-20-9-3-10-21-48)37-43-62(64)61-27-15-23-50-22-13-14-26-59(50)61/h1-30,32-45,51H,31H2. The largest absolute Gasteiger partial charge is 0.311 e. The molecule has 0 radical (unpaired) electrons. The van der Waals surface area contributed by atoms with Crippen LogP contribution in [0.25, 0.3) is 72.0 Å². The van der Waals surface area contributed by atoms with E-state index in [-0.39, 0.29) is 5.92 Å². The van der Waals surface area contributed by atoms with Crippen molar-refractivity contribution >= 4 is 33.4 Å². The Morgan fingerprint density at radius 2 is 0.815 bits per heavy atom. The first kappa shape index (κ1) is 39.6. The van der Waals surface area contributed by atoms with Crippen molar-refractivity contribution in [3.05, 3.63) is 278 Å². The fourth-order valence-electron chi connectivity index (χ4n) is 9.53. The molecule has 0 N–H and O–H groups in total. The maximum absolute atomic E-state index is 2.39. The lowest BCUT2D eigenvalue weighted by molar-refractivity contribution is 0.859. The maximum atomic E-state index is 2.39. The van der Waals surface area contributed by atoms with Crippen molar-refractivity contribution < 1.29 is 0 Å². The Bertz CT molecular complexity index is 3290. The van der Waals surface area contributed by atoms with Gasteiger partial charge in [0.15, 0.2) is 0 Å². The zero-order chi connectivity index (χ0) is 43.4. The summed E-state index contributed by atoms with van der Waals surface area (Å²) < 4.78 is 0. The van der Waals surface area contributed by atoms with Crippen LogP contribution in [0.15, 0.2) is 267 Å². The highest BCUT2D eigenvalue weighted by Crippen LogP contribution is 2.43. The van der Waals surface area contributed by atoms with Crippen LogP contribution in [0.2, 0.25) is 0 Å². The molecule has 1 aliphatic carbocycles. The topological polar surface area (TPSA) is 3.24 Å². The van der Waals surface area contributed by atoms with Crippen LogP contribution in [-0.2, 0) is 0 Å². The van der Waals surface area contributed by atoms with Gasteiger partial charge in [-0.3, -0.25) is 0 Å². The van der Waals surface area contributed by atoms with E-state index in [2.05, 4.69) is 272 Å². The molecule has 1 nitrogen and oxygen atoms in total. The molecule has 1 aliphatic rings. The van der Waals surface area contributed by atoms with Crippen molar-refractivity contribution in [1.29, 1.82) is 0 Å². The first-order chi connectivity index (χ1) is 32.2. The molecule has 1 heteroatoms. The first-order valence-corrected chi connectivity index (χ1v) is 22.6. The number of fused-ring (bicyclic) bond motifs is 1. The Morgan fingerprint density at radius 3 is 1.43 bits per heavy atom. The summed E-state index contributed by atoms with van der Waals surface area (Å²) in [6.07, 6.45) is 8.04. The molecule has 0 saturated heterocycles. The van der Waals surface area contributed by atoms with E-state index in [0.29, 0.717) is 0 Å². The van der Waals surface area contributed by atoms with Gasteiger partial charge in [0.1, 0.15) is 0 Å². The van der Waals surface area contributed by atoms with Crippen molar-refractivity contribution in [2.45, 2.75) is 12.3 Å². The van der Waals surface area contributed by atoms with Gasteiger partial charge in [0, 0.05) is 23.0 Å². The van der Waals surface area contributed by atoms with E-state index >= 15 is 0 Å². The van der Waals surface area contributed by atoms with E-state index in [1.165, 1.54) is 83.1 Å². The Labute approximate surface area is 382 Å². The predicted molar refractivity (Wildman–Crippen MR) is 277 cm³/mol. The van der Waals surface area contributed by atoms with Gasteiger partial charge in [-0.15, -0.1) is 0 Å². The number of benzene rings is 10. The van der Waals surface area contributed by atoms with Crippen LogP contribution in [0.3, 0.4) is 0 Å². The van der Waals surface area contributed by atoms with Gasteiger partial charge in [-0.05, 0) is 138 Å². The molecule has 0 amide bonds. The van der Waals surface area contributed by atoms with Gasteiger partial charge >= 0.3 is 0 Å². The number of anilines is 3. The summed E-state index contributed by atoms with van der Waals surface area (Å²) in [7, 11) is 0. The number of para-hydroxylation sites is 1. The molecule has 0 saturated carbocycles. The lowest BCUT2D eigenvalue weighted by Gasteiger charge is -2.26. The van der Waals surface area contributed by atoms with Crippen LogP contribution < -0.4 is 4.90 Å². The second kappa shape index (κ2) is 17.8. The summed E-state index contributed by atoms with van der Waals surface area (Å²) in [6.45, 7) is 0. The average Bonchev–Trinajstić information content (AvgIpc) is 3.40. The molecule has 0 heterocycles. The molecule has 0 bridgehead atoms. The van der Waals surface area contributed by atoms with Gasteiger partial charge in [0.25, 0.3) is 0 Å². The minimum absolute atomic E-state index is 0.274. The highest BCUT2D eigenvalue weighted by molar-refractivity contribution is 6.01. The van der Waals surface area contributed by atoms with Crippen molar-refractivity contribution in [3.63, 3.8) is 0 Å². The van der Waals surface area contributed by atoms with Gasteiger partial charge in [0.05, 0.1) is 0 Å². The third-order valence-electron chi connectivity index (χ3n) is 12.9. The van der Waals surface area contributed by atoms with Crippen LogP contribution in [0.4, 0.5) is 17.1 Å². The lowest BCUT2D eigenvalue weighted by Crippen LogP contribution is -2.09.